The van der Waals surface area contributed by atoms with Crippen LogP contribution in [0.3, 0.4) is 0 Å². The number of benzene rings is 1. The average molecular weight is 224 g/mol. The van der Waals surface area contributed by atoms with Gasteiger partial charge in [-0.15, -0.1) is 0 Å². The van der Waals surface area contributed by atoms with Crippen LogP contribution in [0, 0.1) is 16.3 Å². The van der Waals surface area contributed by atoms with Crippen molar-refractivity contribution in [1.29, 1.82) is 0 Å². The van der Waals surface area contributed by atoms with E-state index < -0.39 is 11.6 Å². The molecule has 2 nitrogen and oxygen atoms in total. The maximum absolute atomic E-state index is 13.4. The molecule has 0 bridgehead atoms. The summed E-state index contributed by atoms with van der Waals surface area (Å²) in [4.78, 5) is 6.62. The average Bonchev–Trinajstić information content (AvgIpc) is 2.23. The van der Waals surface area contributed by atoms with E-state index in [0.29, 0.717) is 0 Å². The Balaban J connectivity index is 2.70. The van der Waals surface area contributed by atoms with E-state index in [4.69, 9.17) is 12.2 Å². The van der Waals surface area contributed by atoms with Gasteiger partial charge in [-0.3, -0.25) is 4.98 Å². The van der Waals surface area contributed by atoms with Gasteiger partial charge in [-0.1, -0.05) is 18.3 Å². The Morgan fingerprint density at radius 2 is 2.07 bits per heavy atom. The molecule has 2 aromatic rings. The van der Waals surface area contributed by atoms with Crippen LogP contribution in [0.1, 0.15) is 0 Å². The molecular weight excluding hydrogens is 218 g/mol. The molecule has 0 unspecified atom stereocenters. The molecule has 0 aliphatic heterocycles. The molecule has 0 radical (unpaired) electrons. The number of nitrogens with zero attached hydrogens (tertiary/aromatic N) is 1. The number of H-pyrrole nitrogens is 1. The van der Waals surface area contributed by atoms with E-state index in [9.17, 15) is 8.78 Å². The van der Waals surface area contributed by atoms with Gasteiger partial charge in [0.05, 0.1) is 0 Å². The largest absolute Gasteiger partial charge is 0.350 e. The fourth-order valence-corrected chi connectivity index (χ4v) is 1.46. The van der Waals surface area contributed by atoms with Gasteiger partial charge in [0.2, 0.25) is 0 Å². The number of hydrogen-bond acceptors (Lipinski definition) is 2. The first-order valence-electron chi connectivity index (χ1n) is 4.18. The van der Waals surface area contributed by atoms with Crippen LogP contribution in [0.25, 0.3) is 11.3 Å². The van der Waals surface area contributed by atoms with E-state index in [0.717, 1.165) is 6.07 Å². The lowest BCUT2D eigenvalue weighted by molar-refractivity contribution is 0.511. The molecule has 0 fully saturated rings. The fraction of sp³-hybridized carbons (Fsp3) is 0. The van der Waals surface area contributed by atoms with Gasteiger partial charge >= 0.3 is 0 Å². The molecule has 0 amide bonds. The first-order valence-corrected chi connectivity index (χ1v) is 4.59. The minimum absolute atomic E-state index is 0.0665. The van der Waals surface area contributed by atoms with Crippen molar-refractivity contribution < 1.29 is 8.78 Å². The summed E-state index contributed by atoms with van der Waals surface area (Å²) in [5, 5.41) is 0. The van der Waals surface area contributed by atoms with Gasteiger partial charge in [0, 0.05) is 18.0 Å². The van der Waals surface area contributed by atoms with Crippen molar-refractivity contribution in [2.45, 2.75) is 0 Å². The summed E-state index contributed by atoms with van der Waals surface area (Å²) in [6.07, 6.45) is 2.97. The summed E-state index contributed by atoms with van der Waals surface area (Å²) >= 11 is 4.93. The number of rotatable bonds is 1. The molecule has 1 aromatic carbocycles. The lowest BCUT2D eigenvalue weighted by atomic mass is 10.1. The van der Waals surface area contributed by atoms with Crippen molar-refractivity contribution in [2.24, 2.45) is 0 Å². The molecule has 1 aromatic heterocycles. The van der Waals surface area contributed by atoms with E-state index in [1.807, 2.05) is 0 Å². The Hall–Kier alpha value is -1.62. The normalized spacial score (nSPS) is 10.3. The topological polar surface area (TPSA) is 28.7 Å². The predicted octanol–water partition coefficient (Wildman–Crippen LogP) is 3.08. The van der Waals surface area contributed by atoms with Gasteiger partial charge in [-0.25, -0.2) is 8.78 Å². The highest BCUT2D eigenvalue weighted by atomic mass is 32.1. The van der Waals surface area contributed by atoms with Gasteiger partial charge in [-0.2, -0.15) is 0 Å². The highest BCUT2D eigenvalue weighted by Gasteiger charge is 2.11. The fourth-order valence-electron chi connectivity index (χ4n) is 1.23. The molecular formula is C10H6F2N2S. The van der Waals surface area contributed by atoms with Gasteiger partial charge in [0.15, 0.2) is 11.6 Å². The quantitative estimate of drug-likeness (QED) is 0.754. The van der Waals surface area contributed by atoms with Crippen molar-refractivity contribution in [1.82, 2.24) is 9.97 Å². The van der Waals surface area contributed by atoms with E-state index >= 15 is 0 Å². The standard InChI is InChI=1S/C10H6F2N2S/c11-7-3-1-2-6(8(7)12)9-10(15)14-5-4-13-9/h1-5H,(H,14,15). The second-order valence-corrected chi connectivity index (χ2v) is 3.28. The van der Waals surface area contributed by atoms with E-state index in [1.165, 1.54) is 24.5 Å². The Bertz CT molecular complexity index is 551. The van der Waals surface area contributed by atoms with E-state index in [2.05, 4.69) is 9.97 Å². The molecule has 0 saturated carbocycles. The van der Waals surface area contributed by atoms with Crippen LogP contribution in [0.15, 0.2) is 30.6 Å². The molecule has 0 spiro atoms. The number of nitrogens with one attached hydrogen (secondary N) is 1. The molecule has 0 saturated heterocycles. The molecule has 76 valence electrons. The third-order valence-electron chi connectivity index (χ3n) is 1.91. The van der Waals surface area contributed by atoms with Crippen molar-refractivity contribution in [3.05, 3.63) is 46.9 Å². The Kier molecular flexibility index (Phi) is 2.55. The third kappa shape index (κ3) is 1.78. The SMILES string of the molecule is Fc1cccc(-c2ncc[nH]c2=S)c1F. The van der Waals surface area contributed by atoms with Crippen LogP contribution in [0.4, 0.5) is 8.78 Å². The smallest absolute Gasteiger partial charge is 0.168 e. The van der Waals surface area contributed by atoms with Crippen molar-refractivity contribution in [2.75, 3.05) is 0 Å². The van der Waals surface area contributed by atoms with Crippen molar-refractivity contribution in [3.63, 3.8) is 0 Å². The van der Waals surface area contributed by atoms with Gasteiger partial charge in [0.1, 0.15) is 10.3 Å². The molecule has 1 N–H and O–H groups in total. The third-order valence-corrected chi connectivity index (χ3v) is 2.23. The maximum Gasteiger partial charge on any atom is 0.168 e. The molecule has 15 heavy (non-hydrogen) atoms. The van der Waals surface area contributed by atoms with E-state index in [1.54, 1.807) is 0 Å². The monoisotopic (exact) mass is 224 g/mol. The minimum atomic E-state index is -0.935. The second kappa shape index (κ2) is 3.86. The van der Waals surface area contributed by atoms with Gasteiger partial charge in [0.25, 0.3) is 0 Å². The zero-order chi connectivity index (χ0) is 10.8. The van der Waals surface area contributed by atoms with Crippen LogP contribution in [0.2, 0.25) is 0 Å². The summed E-state index contributed by atoms with van der Waals surface area (Å²) in [5.74, 6) is -1.84. The minimum Gasteiger partial charge on any atom is -0.350 e. The van der Waals surface area contributed by atoms with Crippen LogP contribution >= 0.6 is 12.2 Å². The zero-order valence-electron chi connectivity index (χ0n) is 7.50. The van der Waals surface area contributed by atoms with Crippen molar-refractivity contribution in [3.8, 4) is 11.3 Å². The lowest BCUT2D eigenvalue weighted by Gasteiger charge is -2.02. The zero-order valence-corrected chi connectivity index (χ0v) is 8.31. The Labute approximate surface area is 89.6 Å². The first kappa shape index (κ1) is 9.92. The maximum atomic E-state index is 13.4. The van der Waals surface area contributed by atoms with Crippen LogP contribution in [-0.4, -0.2) is 9.97 Å². The predicted molar refractivity (Wildman–Crippen MR) is 54.8 cm³/mol. The summed E-state index contributed by atoms with van der Waals surface area (Å²) in [6.45, 7) is 0. The summed E-state index contributed by atoms with van der Waals surface area (Å²) < 4.78 is 26.6. The number of halogens is 2. The molecule has 0 atom stereocenters. The second-order valence-electron chi connectivity index (χ2n) is 2.87. The summed E-state index contributed by atoms with van der Waals surface area (Å²) in [6, 6.07) is 3.90. The number of hydrogen-bond donors (Lipinski definition) is 1. The summed E-state index contributed by atoms with van der Waals surface area (Å²) in [5.41, 5.74) is 0.307. The molecule has 0 aliphatic rings. The molecule has 1 heterocycles. The van der Waals surface area contributed by atoms with Crippen molar-refractivity contribution >= 4 is 12.2 Å². The number of aromatic nitrogens is 2. The Morgan fingerprint density at radius 1 is 1.27 bits per heavy atom. The summed E-state index contributed by atoms with van der Waals surface area (Å²) in [7, 11) is 0. The molecule has 2 rings (SSSR count). The molecule has 0 aliphatic carbocycles. The van der Waals surface area contributed by atoms with Crippen LogP contribution in [-0.2, 0) is 0 Å². The first-order chi connectivity index (χ1) is 7.20. The van der Waals surface area contributed by atoms with E-state index in [-0.39, 0.29) is 15.9 Å². The van der Waals surface area contributed by atoms with Crippen LogP contribution < -0.4 is 0 Å². The Morgan fingerprint density at radius 3 is 2.80 bits per heavy atom. The van der Waals surface area contributed by atoms with Gasteiger partial charge < -0.3 is 4.98 Å². The highest BCUT2D eigenvalue weighted by molar-refractivity contribution is 7.71. The molecule has 5 heteroatoms. The lowest BCUT2D eigenvalue weighted by Crippen LogP contribution is -1.93. The van der Waals surface area contributed by atoms with Crippen LogP contribution in [0.5, 0.6) is 0 Å². The number of aromatic amines is 1. The highest BCUT2D eigenvalue weighted by Crippen LogP contribution is 2.22. The van der Waals surface area contributed by atoms with Gasteiger partial charge in [-0.05, 0) is 12.1 Å².